The van der Waals surface area contributed by atoms with Crippen LogP contribution in [0.2, 0.25) is 0 Å². The Morgan fingerprint density at radius 2 is 1.41 bits per heavy atom. The molecule has 0 aromatic heterocycles. The maximum atomic E-state index is 13.0. The molecule has 0 spiro atoms. The second-order valence-electron chi connectivity index (χ2n) is 11.5. The minimum atomic E-state index is -0.653. The summed E-state index contributed by atoms with van der Waals surface area (Å²) in [7, 11) is 0. The van der Waals surface area contributed by atoms with E-state index in [1.54, 1.807) is 0 Å². The third-order valence-corrected chi connectivity index (χ3v) is 9.96. The molecule has 3 aliphatic heterocycles. The van der Waals surface area contributed by atoms with E-state index in [0.717, 1.165) is 44.9 Å². The van der Waals surface area contributed by atoms with Gasteiger partial charge in [0.05, 0.1) is 42.0 Å². The van der Waals surface area contributed by atoms with Crippen molar-refractivity contribution in [2.45, 2.75) is 102 Å². The van der Waals surface area contributed by atoms with E-state index in [2.05, 4.69) is 20.8 Å². The topological polar surface area (TPSA) is 74.9 Å². The van der Waals surface area contributed by atoms with Crippen LogP contribution in [0, 0.1) is 40.9 Å². The van der Waals surface area contributed by atoms with Gasteiger partial charge in [0.2, 0.25) is 0 Å². The van der Waals surface area contributed by atoms with Gasteiger partial charge in [0.1, 0.15) is 0 Å². The molecule has 13 unspecified atom stereocenters. The van der Waals surface area contributed by atoms with Crippen molar-refractivity contribution >= 4 is 5.97 Å². The van der Waals surface area contributed by atoms with E-state index >= 15 is 0 Å². The highest BCUT2D eigenvalue weighted by atomic mass is 16.6. The molecule has 5 heteroatoms. The molecular weight excluding hydrogens is 368 g/mol. The van der Waals surface area contributed by atoms with Crippen LogP contribution in [0.3, 0.4) is 0 Å². The van der Waals surface area contributed by atoms with E-state index in [9.17, 15) is 9.90 Å². The van der Waals surface area contributed by atoms with Crippen LogP contribution in [0.1, 0.15) is 65.7 Å². The molecule has 3 heterocycles. The maximum Gasteiger partial charge on any atom is 0.310 e. The summed E-state index contributed by atoms with van der Waals surface area (Å²) in [4.78, 5) is 13.0. The smallest absolute Gasteiger partial charge is 0.310 e. The monoisotopic (exact) mass is 404 g/mol. The van der Waals surface area contributed by atoms with Gasteiger partial charge in [-0.3, -0.25) is 4.79 Å². The van der Waals surface area contributed by atoms with E-state index in [4.69, 9.17) is 14.2 Å². The number of hydrogen-bond donors (Lipinski definition) is 1. The Morgan fingerprint density at radius 3 is 2.07 bits per heavy atom. The van der Waals surface area contributed by atoms with Crippen LogP contribution < -0.4 is 0 Å². The van der Waals surface area contributed by atoms with Crippen LogP contribution in [0.15, 0.2) is 0 Å². The van der Waals surface area contributed by atoms with Crippen molar-refractivity contribution in [2.75, 3.05) is 0 Å². The Hall–Kier alpha value is -0.650. The summed E-state index contributed by atoms with van der Waals surface area (Å²) in [5, 5.41) is 10.7. The Balaban J connectivity index is 1.28. The molecular formula is C24H36O5. The molecule has 0 aromatic carbocycles. The maximum absolute atomic E-state index is 13.0. The lowest BCUT2D eigenvalue weighted by molar-refractivity contribution is -0.163. The molecule has 6 fully saturated rings. The van der Waals surface area contributed by atoms with Crippen LogP contribution >= 0.6 is 0 Å². The fraction of sp³-hybridized carbons (Fsp3) is 0.958. The minimum absolute atomic E-state index is 0.140. The fourth-order valence-corrected chi connectivity index (χ4v) is 7.81. The fourth-order valence-electron chi connectivity index (χ4n) is 7.81. The third-order valence-electron chi connectivity index (χ3n) is 9.96. The van der Waals surface area contributed by atoms with E-state index in [-0.39, 0.29) is 17.9 Å². The van der Waals surface area contributed by atoms with Gasteiger partial charge in [-0.1, -0.05) is 20.8 Å². The summed E-state index contributed by atoms with van der Waals surface area (Å²) in [5.74, 6) is 1.93. The first kappa shape index (κ1) is 19.1. The number of carboxylic acids is 1. The number of epoxide rings is 3. The van der Waals surface area contributed by atoms with Crippen LogP contribution in [-0.2, 0) is 19.0 Å². The predicted octanol–water partition coefficient (Wildman–Crippen LogP) is 3.89. The van der Waals surface area contributed by atoms with Crippen LogP contribution in [0.4, 0.5) is 0 Å². The zero-order valence-corrected chi connectivity index (χ0v) is 18.0. The third kappa shape index (κ3) is 3.02. The van der Waals surface area contributed by atoms with Crippen molar-refractivity contribution in [3.63, 3.8) is 0 Å². The van der Waals surface area contributed by atoms with Gasteiger partial charge < -0.3 is 19.3 Å². The summed E-state index contributed by atoms with van der Waals surface area (Å²) >= 11 is 0. The molecule has 5 nitrogen and oxygen atoms in total. The predicted molar refractivity (Wildman–Crippen MR) is 106 cm³/mol. The highest BCUT2D eigenvalue weighted by molar-refractivity contribution is 5.76. The van der Waals surface area contributed by atoms with Gasteiger partial charge in [0, 0.05) is 5.92 Å². The van der Waals surface area contributed by atoms with Crippen LogP contribution in [0.25, 0.3) is 0 Å². The lowest BCUT2D eigenvalue weighted by Crippen LogP contribution is -2.52. The molecule has 0 amide bonds. The zero-order chi connectivity index (χ0) is 20.1. The molecule has 6 aliphatic rings. The highest BCUT2D eigenvalue weighted by Crippen LogP contribution is 2.61. The van der Waals surface area contributed by atoms with E-state index < -0.39 is 11.4 Å². The van der Waals surface area contributed by atoms with E-state index in [1.165, 1.54) is 0 Å². The van der Waals surface area contributed by atoms with Gasteiger partial charge in [-0.15, -0.1) is 0 Å². The molecule has 0 radical (unpaired) electrons. The number of rotatable bonds is 5. The van der Waals surface area contributed by atoms with Crippen LogP contribution in [0.5, 0.6) is 0 Å². The molecule has 0 aromatic rings. The Bertz CT molecular complexity index is 695. The molecule has 29 heavy (non-hydrogen) atoms. The summed E-state index contributed by atoms with van der Waals surface area (Å²) in [6.45, 7) is 6.84. The number of carboxylic acid groups (broad SMARTS) is 1. The molecule has 3 aliphatic carbocycles. The standard InChI is InChI=1S/C24H36O5/c1-11-4-17-19(27-17)8-14(11)7-16-22-21(29-22)6-13(3)24(16,23(25)26)10-15-9-20-18(28-20)5-12(15)2/h11-22H,4-10H2,1-3H3,(H,25,26). The van der Waals surface area contributed by atoms with E-state index in [0.29, 0.717) is 54.2 Å². The highest BCUT2D eigenvalue weighted by Gasteiger charge is 2.66. The Labute approximate surface area is 173 Å². The summed E-state index contributed by atoms with van der Waals surface area (Å²) in [6, 6.07) is 0. The minimum Gasteiger partial charge on any atom is -0.481 e. The SMILES string of the molecule is CC1CC2OC2CC1CC1C2OC2CC(C)C1(CC1CC2OC2CC1C)C(=O)O. The van der Waals surface area contributed by atoms with E-state index in [1.807, 2.05) is 0 Å². The Kier molecular flexibility index (Phi) is 4.23. The molecule has 3 saturated heterocycles. The van der Waals surface area contributed by atoms with Gasteiger partial charge in [0.25, 0.3) is 0 Å². The summed E-state index contributed by atoms with van der Waals surface area (Å²) in [6.07, 6.45) is 9.34. The van der Waals surface area contributed by atoms with Gasteiger partial charge in [-0.2, -0.15) is 0 Å². The second-order valence-corrected chi connectivity index (χ2v) is 11.5. The van der Waals surface area contributed by atoms with Crippen molar-refractivity contribution < 1.29 is 24.1 Å². The van der Waals surface area contributed by atoms with Gasteiger partial charge in [-0.25, -0.2) is 0 Å². The number of ether oxygens (including phenoxy) is 3. The first-order valence-corrected chi connectivity index (χ1v) is 12.1. The largest absolute Gasteiger partial charge is 0.481 e. The normalized spacial score (nSPS) is 59.8. The van der Waals surface area contributed by atoms with Crippen molar-refractivity contribution in [3.8, 4) is 0 Å². The van der Waals surface area contributed by atoms with Gasteiger partial charge >= 0.3 is 5.97 Å². The van der Waals surface area contributed by atoms with Crippen molar-refractivity contribution in [1.82, 2.24) is 0 Å². The number of carbonyl (C=O) groups is 1. The van der Waals surface area contributed by atoms with Gasteiger partial charge in [-0.05, 0) is 74.5 Å². The average molecular weight is 405 g/mol. The molecule has 162 valence electrons. The first-order chi connectivity index (χ1) is 13.9. The van der Waals surface area contributed by atoms with Crippen molar-refractivity contribution in [3.05, 3.63) is 0 Å². The average Bonchev–Trinajstić information content (AvgIpc) is 3.51. The summed E-state index contributed by atoms with van der Waals surface area (Å²) < 4.78 is 17.7. The van der Waals surface area contributed by atoms with Gasteiger partial charge in [0.15, 0.2) is 0 Å². The van der Waals surface area contributed by atoms with Crippen LogP contribution in [-0.4, -0.2) is 47.7 Å². The molecule has 0 bridgehead atoms. The molecule has 13 atom stereocenters. The second kappa shape index (κ2) is 6.43. The first-order valence-electron chi connectivity index (χ1n) is 12.1. The zero-order valence-electron chi connectivity index (χ0n) is 18.0. The Morgan fingerprint density at radius 1 is 0.828 bits per heavy atom. The number of fused-ring (bicyclic) bond motifs is 3. The summed E-state index contributed by atoms with van der Waals surface area (Å²) in [5.41, 5.74) is -0.653. The lowest BCUT2D eigenvalue weighted by atomic mass is 9.53. The molecule has 3 saturated carbocycles. The number of aliphatic carboxylic acids is 1. The molecule has 6 rings (SSSR count). The van der Waals surface area contributed by atoms with Crippen molar-refractivity contribution in [1.29, 1.82) is 0 Å². The molecule has 1 N–H and O–H groups in total. The lowest BCUT2D eigenvalue weighted by Gasteiger charge is -2.48. The quantitative estimate of drug-likeness (QED) is 0.704. The number of hydrogen-bond acceptors (Lipinski definition) is 4. The van der Waals surface area contributed by atoms with Crippen molar-refractivity contribution in [2.24, 2.45) is 40.9 Å².